The van der Waals surface area contributed by atoms with Gasteiger partial charge in [-0.15, -0.1) is 0 Å². The molecule has 0 spiro atoms. The number of ether oxygens (including phenoxy) is 1. The van der Waals surface area contributed by atoms with Gasteiger partial charge in [0, 0.05) is 12.0 Å². The van der Waals surface area contributed by atoms with Gasteiger partial charge in [-0.25, -0.2) is 4.79 Å². The van der Waals surface area contributed by atoms with Gasteiger partial charge in [0.25, 0.3) is 0 Å². The van der Waals surface area contributed by atoms with E-state index in [0.29, 0.717) is 12.0 Å². The van der Waals surface area contributed by atoms with Crippen LogP contribution in [-0.4, -0.2) is 23.8 Å². The molecule has 0 rings (SSSR count). The van der Waals surface area contributed by atoms with Crippen LogP contribution in [0.4, 0.5) is 0 Å². The number of aliphatic hydroxyl groups excluding tert-OH is 1. The van der Waals surface area contributed by atoms with Gasteiger partial charge < -0.3 is 9.84 Å². The number of carbonyl (C=O) groups excluding carboxylic acids is 1. The molecule has 0 fully saturated rings. The Kier molecular flexibility index (Phi) is 9.83. The molecule has 0 aromatic rings. The number of rotatable bonds is 10. The normalized spacial score (nSPS) is 12.2. The minimum absolute atomic E-state index is 0.280. The summed E-state index contributed by atoms with van der Waals surface area (Å²) in [6, 6.07) is 0. The van der Waals surface area contributed by atoms with Crippen LogP contribution in [0.1, 0.15) is 58.8 Å². The van der Waals surface area contributed by atoms with Crippen molar-refractivity contribution >= 4 is 5.97 Å². The first-order valence-corrected chi connectivity index (χ1v) is 6.58. The van der Waals surface area contributed by atoms with Crippen molar-refractivity contribution in [2.75, 3.05) is 6.61 Å². The largest absolute Gasteiger partial charge is 0.462 e. The second kappa shape index (κ2) is 10.3. The molecule has 1 unspecified atom stereocenters. The van der Waals surface area contributed by atoms with Crippen molar-refractivity contribution in [1.82, 2.24) is 0 Å². The molecule has 0 saturated carbocycles. The van der Waals surface area contributed by atoms with Crippen LogP contribution in [0.2, 0.25) is 0 Å². The highest BCUT2D eigenvalue weighted by Gasteiger charge is 2.07. The summed E-state index contributed by atoms with van der Waals surface area (Å²) >= 11 is 0. The predicted octanol–water partition coefficient (Wildman–Crippen LogP) is 3.22. The minimum atomic E-state index is -0.375. The Balaban J connectivity index is 3.37. The van der Waals surface area contributed by atoms with Crippen LogP contribution < -0.4 is 0 Å². The van der Waals surface area contributed by atoms with Gasteiger partial charge in [-0.1, -0.05) is 45.6 Å². The third kappa shape index (κ3) is 10.1. The van der Waals surface area contributed by atoms with Crippen molar-refractivity contribution in [2.24, 2.45) is 0 Å². The maximum atomic E-state index is 11.1. The van der Waals surface area contributed by atoms with E-state index >= 15 is 0 Å². The number of hydrogen-bond donors (Lipinski definition) is 1. The summed E-state index contributed by atoms with van der Waals surface area (Å²) in [5.41, 5.74) is 0.402. The molecule has 0 aliphatic rings. The monoisotopic (exact) mass is 242 g/mol. The number of aliphatic hydroxyl groups is 1. The Morgan fingerprint density at radius 1 is 1.24 bits per heavy atom. The molecular formula is C14H26O3. The van der Waals surface area contributed by atoms with Crippen LogP contribution in [0.15, 0.2) is 12.2 Å². The van der Waals surface area contributed by atoms with Crippen molar-refractivity contribution in [3.05, 3.63) is 12.2 Å². The quantitative estimate of drug-likeness (QED) is 0.363. The fourth-order valence-electron chi connectivity index (χ4n) is 1.54. The zero-order valence-electron chi connectivity index (χ0n) is 11.2. The lowest BCUT2D eigenvalue weighted by Gasteiger charge is -2.10. The van der Waals surface area contributed by atoms with Crippen LogP contribution in [0, 0.1) is 0 Å². The highest BCUT2D eigenvalue weighted by atomic mass is 16.5. The van der Waals surface area contributed by atoms with Crippen LogP contribution in [0.5, 0.6) is 0 Å². The zero-order chi connectivity index (χ0) is 13.1. The molecule has 1 atom stereocenters. The molecule has 0 amide bonds. The number of esters is 1. The van der Waals surface area contributed by atoms with Crippen molar-refractivity contribution in [3.8, 4) is 0 Å². The molecule has 0 aliphatic carbocycles. The van der Waals surface area contributed by atoms with E-state index < -0.39 is 0 Å². The Morgan fingerprint density at radius 3 is 2.47 bits per heavy atom. The van der Waals surface area contributed by atoms with E-state index in [4.69, 9.17) is 4.74 Å². The smallest absolute Gasteiger partial charge is 0.333 e. The van der Waals surface area contributed by atoms with Crippen LogP contribution >= 0.6 is 0 Å². The Bertz CT molecular complexity index is 224. The van der Waals surface area contributed by atoms with Crippen LogP contribution in [0.3, 0.4) is 0 Å². The molecule has 0 aromatic carbocycles. The Hall–Kier alpha value is -0.830. The van der Waals surface area contributed by atoms with Gasteiger partial charge in [-0.05, 0) is 13.3 Å². The van der Waals surface area contributed by atoms with Crippen LogP contribution in [0.25, 0.3) is 0 Å². The first kappa shape index (κ1) is 16.2. The van der Waals surface area contributed by atoms with E-state index in [1.165, 1.54) is 25.7 Å². The predicted molar refractivity (Wildman–Crippen MR) is 69.8 cm³/mol. The molecule has 17 heavy (non-hydrogen) atoms. The summed E-state index contributed by atoms with van der Waals surface area (Å²) < 4.78 is 4.92. The lowest BCUT2D eigenvalue weighted by molar-refractivity contribution is -0.139. The van der Waals surface area contributed by atoms with Gasteiger partial charge in [-0.3, -0.25) is 0 Å². The van der Waals surface area contributed by atoms with E-state index in [1.54, 1.807) is 6.92 Å². The van der Waals surface area contributed by atoms with E-state index in [0.717, 1.165) is 12.8 Å². The van der Waals surface area contributed by atoms with E-state index in [-0.39, 0.29) is 18.7 Å². The standard InChI is InChI=1S/C14H26O3/c1-4-5-6-7-8-9-13(15)10-11-17-14(16)12(2)3/h13,15H,2,4-11H2,1,3H3. The van der Waals surface area contributed by atoms with Crippen molar-refractivity contribution in [3.63, 3.8) is 0 Å². The van der Waals surface area contributed by atoms with Gasteiger partial charge >= 0.3 is 5.97 Å². The molecule has 3 heteroatoms. The summed E-state index contributed by atoms with van der Waals surface area (Å²) in [4.78, 5) is 11.1. The summed E-state index contributed by atoms with van der Waals surface area (Å²) in [5.74, 6) is -0.375. The topological polar surface area (TPSA) is 46.5 Å². The molecule has 0 radical (unpaired) electrons. The van der Waals surface area contributed by atoms with Crippen LogP contribution in [-0.2, 0) is 9.53 Å². The molecular weight excluding hydrogens is 216 g/mol. The third-order valence-electron chi connectivity index (χ3n) is 2.67. The molecule has 0 bridgehead atoms. The average molecular weight is 242 g/mol. The first-order chi connectivity index (χ1) is 8.07. The molecule has 3 nitrogen and oxygen atoms in total. The highest BCUT2D eigenvalue weighted by molar-refractivity contribution is 5.86. The SMILES string of the molecule is C=C(C)C(=O)OCCC(O)CCCCCCC. The molecule has 0 aromatic heterocycles. The summed E-state index contributed by atoms with van der Waals surface area (Å²) in [5, 5.41) is 9.64. The lowest BCUT2D eigenvalue weighted by Crippen LogP contribution is -2.13. The van der Waals surface area contributed by atoms with Gasteiger partial charge in [0.2, 0.25) is 0 Å². The van der Waals surface area contributed by atoms with Gasteiger partial charge in [0.1, 0.15) is 0 Å². The molecule has 100 valence electrons. The van der Waals surface area contributed by atoms with Crippen molar-refractivity contribution in [2.45, 2.75) is 64.9 Å². The summed E-state index contributed by atoms with van der Waals surface area (Å²) in [6.45, 7) is 7.58. The number of hydrogen-bond acceptors (Lipinski definition) is 3. The van der Waals surface area contributed by atoms with E-state index in [2.05, 4.69) is 13.5 Å². The van der Waals surface area contributed by atoms with Gasteiger partial charge in [-0.2, -0.15) is 0 Å². The van der Waals surface area contributed by atoms with Crippen molar-refractivity contribution in [1.29, 1.82) is 0 Å². The van der Waals surface area contributed by atoms with E-state index in [9.17, 15) is 9.90 Å². The number of unbranched alkanes of at least 4 members (excludes halogenated alkanes) is 4. The van der Waals surface area contributed by atoms with Gasteiger partial charge in [0.15, 0.2) is 0 Å². The van der Waals surface area contributed by atoms with Gasteiger partial charge in [0.05, 0.1) is 12.7 Å². The first-order valence-electron chi connectivity index (χ1n) is 6.58. The molecule has 1 N–H and O–H groups in total. The highest BCUT2D eigenvalue weighted by Crippen LogP contribution is 2.09. The zero-order valence-corrected chi connectivity index (χ0v) is 11.2. The maximum absolute atomic E-state index is 11.1. The second-order valence-corrected chi connectivity index (χ2v) is 4.56. The Morgan fingerprint density at radius 2 is 1.88 bits per heavy atom. The third-order valence-corrected chi connectivity index (χ3v) is 2.67. The minimum Gasteiger partial charge on any atom is -0.462 e. The fraction of sp³-hybridized carbons (Fsp3) is 0.786. The fourth-order valence-corrected chi connectivity index (χ4v) is 1.54. The maximum Gasteiger partial charge on any atom is 0.333 e. The Labute approximate surface area is 105 Å². The van der Waals surface area contributed by atoms with Crippen molar-refractivity contribution < 1.29 is 14.6 Å². The molecule has 0 aliphatic heterocycles. The summed E-state index contributed by atoms with van der Waals surface area (Å²) in [7, 11) is 0. The average Bonchev–Trinajstić information content (AvgIpc) is 2.28. The molecule has 0 saturated heterocycles. The second-order valence-electron chi connectivity index (χ2n) is 4.56. The molecule has 0 heterocycles. The number of carbonyl (C=O) groups is 1. The van der Waals surface area contributed by atoms with E-state index in [1.807, 2.05) is 0 Å². The summed E-state index contributed by atoms with van der Waals surface area (Å²) in [6.07, 6.45) is 6.95. The lowest BCUT2D eigenvalue weighted by atomic mass is 10.1.